The van der Waals surface area contributed by atoms with Gasteiger partial charge in [0.25, 0.3) is 0 Å². The van der Waals surface area contributed by atoms with Crippen LogP contribution in [-0.4, -0.2) is 11.2 Å². The highest BCUT2D eigenvalue weighted by Crippen LogP contribution is 2.41. The van der Waals surface area contributed by atoms with E-state index in [9.17, 15) is 18.3 Å². The van der Waals surface area contributed by atoms with E-state index in [2.05, 4.69) is 0 Å². The van der Waals surface area contributed by atoms with E-state index < -0.39 is 23.4 Å². The molecule has 0 radical (unpaired) electrons. The molecule has 1 aliphatic carbocycles. The maximum Gasteiger partial charge on any atom is 0.416 e. The zero-order valence-corrected chi connectivity index (χ0v) is 9.38. The summed E-state index contributed by atoms with van der Waals surface area (Å²) in [5.74, 6) is 0. The van der Waals surface area contributed by atoms with Crippen LogP contribution in [0.5, 0.6) is 0 Å². The van der Waals surface area contributed by atoms with Crippen molar-refractivity contribution in [3.05, 3.63) is 34.9 Å². The van der Waals surface area contributed by atoms with Crippen molar-refractivity contribution in [1.29, 1.82) is 0 Å². The van der Waals surface area contributed by atoms with Gasteiger partial charge in [-0.1, -0.05) is 6.07 Å². The van der Waals surface area contributed by atoms with Crippen LogP contribution in [0.15, 0.2) is 18.2 Å². The summed E-state index contributed by atoms with van der Waals surface area (Å²) in [6.07, 6.45) is -3.97. The Morgan fingerprint density at radius 3 is 2.35 bits per heavy atom. The standard InChI is InChI=1S/C12H14F3NO/c1-7-4-8(12(13,14)15)2-3-10(7)11(16)5-9(17)6-11/h2-4,9,17H,5-6,16H2,1H3. The Morgan fingerprint density at radius 1 is 1.35 bits per heavy atom. The van der Waals surface area contributed by atoms with Crippen molar-refractivity contribution in [3.63, 3.8) is 0 Å². The summed E-state index contributed by atoms with van der Waals surface area (Å²) in [6, 6.07) is 3.57. The molecule has 0 spiro atoms. The first-order chi connectivity index (χ1) is 7.72. The van der Waals surface area contributed by atoms with Crippen LogP contribution in [0.1, 0.15) is 29.5 Å². The van der Waals surface area contributed by atoms with Crippen LogP contribution in [0.25, 0.3) is 0 Å². The summed E-state index contributed by atoms with van der Waals surface area (Å²) in [5, 5.41) is 9.26. The van der Waals surface area contributed by atoms with Crippen molar-refractivity contribution in [1.82, 2.24) is 0 Å². The van der Waals surface area contributed by atoms with Crippen LogP contribution in [-0.2, 0) is 11.7 Å². The molecule has 0 atom stereocenters. The number of rotatable bonds is 1. The van der Waals surface area contributed by atoms with Gasteiger partial charge in [-0.2, -0.15) is 13.2 Å². The van der Waals surface area contributed by atoms with Crippen LogP contribution in [0.2, 0.25) is 0 Å². The number of aliphatic hydroxyl groups excluding tert-OH is 1. The molecule has 1 aromatic carbocycles. The van der Waals surface area contributed by atoms with Crippen LogP contribution >= 0.6 is 0 Å². The van der Waals surface area contributed by atoms with E-state index in [-0.39, 0.29) is 0 Å². The fourth-order valence-corrected chi connectivity index (χ4v) is 2.40. The molecule has 0 heterocycles. The molecule has 0 unspecified atom stereocenters. The van der Waals surface area contributed by atoms with Crippen LogP contribution < -0.4 is 5.73 Å². The van der Waals surface area contributed by atoms with E-state index >= 15 is 0 Å². The predicted octanol–water partition coefficient (Wildman–Crippen LogP) is 2.32. The first kappa shape index (κ1) is 12.4. The van der Waals surface area contributed by atoms with Gasteiger partial charge in [-0.05, 0) is 43.0 Å². The van der Waals surface area contributed by atoms with Gasteiger partial charge in [-0.25, -0.2) is 0 Å². The Balaban J connectivity index is 2.33. The molecule has 0 amide bonds. The third-order valence-corrected chi connectivity index (χ3v) is 3.29. The zero-order chi connectivity index (χ0) is 12.8. The minimum Gasteiger partial charge on any atom is -0.393 e. The molecule has 3 N–H and O–H groups in total. The van der Waals surface area contributed by atoms with Crippen molar-refractivity contribution in [2.24, 2.45) is 5.73 Å². The second-order valence-electron chi connectivity index (χ2n) is 4.75. The van der Waals surface area contributed by atoms with Gasteiger partial charge in [0.1, 0.15) is 0 Å². The van der Waals surface area contributed by atoms with Crippen molar-refractivity contribution in [2.45, 2.75) is 37.6 Å². The first-order valence-electron chi connectivity index (χ1n) is 5.38. The average molecular weight is 245 g/mol. The Morgan fingerprint density at radius 2 is 1.94 bits per heavy atom. The molecule has 1 aromatic rings. The van der Waals surface area contributed by atoms with Crippen LogP contribution in [0, 0.1) is 6.92 Å². The number of halogens is 3. The van der Waals surface area contributed by atoms with E-state index in [1.165, 1.54) is 6.07 Å². The van der Waals surface area contributed by atoms with Crippen LogP contribution in [0.3, 0.4) is 0 Å². The maximum atomic E-state index is 12.5. The number of benzene rings is 1. The molecule has 0 bridgehead atoms. The summed E-state index contributed by atoms with van der Waals surface area (Å²) in [4.78, 5) is 0. The van der Waals surface area contributed by atoms with Gasteiger partial charge in [0.05, 0.1) is 11.7 Å². The minimum absolute atomic E-state index is 0.402. The third kappa shape index (κ3) is 2.17. The van der Waals surface area contributed by atoms with Gasteiger partial charge in [-0.3, -0.25) is 0 Å². The molecule has 5 heteroatoms. The van der Waals surface area contributed by atoms with Gasteiger partial charge in [0, 0.05) is 5.54 Å². The van der Waals surface area contributed by atoms with Gasteiger partial charge in [0.15, 0.2) is 0 Å². The maximum absolute atomic E-state index is 12.5. The summed E-state index contributed by atoms with van der Waals surface area (Å²) in [5.41, 5.74) is 5.91. The molecule has 0 aromatic heterocycles. The average Bonchev–Trinajstić information content (AvgIpc) is 2.13. The molecule has 2 rings (SSSR count). The fraction of sp³-hybridized carbons (Fsp3) is 0.500. The molecular formula is C12H14F3NO. The quantitative estimate of drug-likeness (QED) is 0.797. The number of hydrogen-bond acceptors (Lipinski definition) is 2. The normalized spacial score (nSPS) is 28.9. The van der Waals surface area contributed by atoms with Crippen molar-refractivity contribution in [2.75, 3.05) is 0 Å². The summed E-state index contributed by atoms with van der Waals surface area (Å²) < 4.78 is 37.4. The monoisotopic (exact) mass is 245 g/mol. The smallest absolute Gasteiger partial charge is 0.393 e. The lowest BCUT2D eigenvalue weighted by molar-refractivity contribution is -0.137. The van der Waals surface area contributed by atoms with E-state index in [1.807, 2.05) is 0 Å². The second kappa shape index (κ2) is 3.71. The summed E-state index contributed by atoms with van der Waals surface area (Å²) in [7, 11) is 0. The van der Waals surface area contributed by atoms with Crippen LogP contribution in [0.4, 0.5) is 13.2 Å². The lowest BCUT2D eigenvalue weighted by Crippen LogP contribution is -2.52. The number of nitrogens with two attached hydrogens (primary N) is 1. The van der Waals surface area contributed by atoms with Crippen molar-refractivity contribution >= 4 is 0 Å². The Labute approximate surface area is 97.2 Å². The topological polar surface area (TPSA) is 46.2 Å². The zero-order valence-electron chi connectivity index (χ0n) is 9.38. The highest BCUT2D eigenvalue weighted by molar-refractivity contribution is 5.39. The molecule has 0 aliphatic heterocycles. The Kier molecular flexibility index (Phi) is 2.71. The van der Waals surface area contributed by atoms with E-state index in [4.69, 9.17) is 5.73 Å². The Bertz CT molecular complexity index is 436. The number of alkyl halides is 3. The van der Waals surface area contributed by atoms with Gasteiger partial charge in [0.2, 0.25) is 0 Å². The fourth-order valence-electron chi connectivity index (χ4n) is 2.40. The molecular weight excluding hydrogens is 231 g/mol. The third-order valence-electron chi connectivity index (χ3n) is 3.29. The largest absolute Gasteiger partial charge is 0.416 e. The Hall–Kier alpha value is -1.07. The number of hydrogen-bond donors (Lipinski definition) is 2. The highest BCUT2D eigenvalue weighted by Gasteiger charge is 2.42. The minimum atomic E-state index is -4.33. The summed E-state index contributed by atoms with van der Waals surface area (Å²) >= 11 is 0. The van der Waals surface area contributed by atoms with Gasteiger partial charge in [-0.15, -0.1) is 0 Å². The van der Waals surface area contributed by atoms with Gasteiger partial charge >= 0.3 is 6.18 Å². The highest BCUT2D eigenvalue weighted by atomic mass is 19.4. The SMILES string of the molecule is Cc1cc(C(F)(F)F)ccc1C1(N)CC(O)C1. The molecule has 2 nitrogen and oxygen atoms in total. The summed E-state index contributed by atoms with van der Waals surface area (Å²) in [6.45, 7) is 1.61. The molecule has 1 fully saturated rings. The first-order valence-corrected chi connectivity index (χ1v) is 5.38. The van der Waals surface area contributed by atoms with Crippen molar-refractivity contribution in [3.8, 4) is 0 Å². The molecule has 94 valence electrons. The molecule has 1 aliphatic rings. The van der Waals surface area contributed by atoms with Gasteiger partial charge < -0.3 is 10.8 Å². The lowest BCUT2D eigenvalue weighted by atomic mass is 9.69. The molecule has 0 saturated heterocycles. The van der Waals surface area contributed by atoms with Crippen molar-refractivity contribution < 1.29 is 18.3 Å². The number of aliphatic hydroxyl groups is 1. The lowest BCUT2D eigenvalue weighted by Gasteiger charge is -2.43. The molecule has 1 saturated carbocycles. The van der Waals surface area contributed by atoms with E-state index in [0.717, 1.165) is 12.1 Å². The number of aryl methyl sites for hydroxylation is 1. The van der Waals surface area contributed by atoms with E-state index in [0.29, 0.717) is 24.0 Å². The second-order valence-corrected chi connectivity index (χ2v) is 4.75. The molecule has 17 heavy (non-hydrogen) atoms. The van der Waals surface area contributed by atoms with E-state index in [1.54, 1.807) is 6.92 Å². The predicted molar refractivity (Wildman–Crippen MR) is 57.3 cm³/mol.